The van der Waals surface area contributed by atoms with Gasteiger partial charge in [-0.3, -0.25) is 0 Å². The highest BCUT2D eigenvalue weighted by Crippen LogP contribution is 2.40. The van der Waals surface area contributed by atoms with Crippen molar-refractivity contribution in [2.75, 3.05) is 14.2 Å². The third kappa shape index (κ3) is 3.10. The molecule has 0 heterocycles. The molecule has 2 aromatic carbocycles. The van der Waals surface area contributed by atoms with E-state index in [1.54, 1.807) is 14.2 Å². The van der Waals surface area contributed by atoms with E-state index in [4.69, 9.17) is 21.1 Å². The van der Waals surface area contributed by atoms with E-state index in [9.17, 15) is 0 Å². The molecule has 0 bridgehead atoms. The second-order valence-corrected chi connectivity index (χ2v) is 5.79. The van der Waals surface area contributed by atoms with Gasteiger partial charge in [-0.25, -0.2) is 0 Å². The Hall–Kier alpha value is -1.19. The Morgan fingerprint density at radius 2 is 1.75 bits per heavy atom. The number of methoxy groups -OCH3 is 2. The Morgan fingerprint density at radius 1 is 1.00 bits per heavy atom. The highest BCUT2D eigenvalue weighted by Gasteiger charge is 2.19. The van der Waals surface area contributed by atoms with Gasteiger partial charge in [0.05, 0.1) is 19.6 Å². The van der Waals surface area contributed by atoms with Crippen LogP contribution < -0.4 is 9.47 Å². The van der Waals surface area contributed by atoms with Gasteiger partial charge < -0.3 is 9.47 Å². The van der Waals surface area contributed by atoms with Crippen LogP contribution in [0.15, 0.2) is 40.9 Å². The zero-order chi connectivity index (χ0) is 14.7. The summed E-state index contributed by atoms with van der Waals surface area (Å²) < 4.78 is 11.7. The van der Waals surface area contributed by atoms with Crippen molar-refractivity contribution in [1.82, 2.24) is 0 Å². The molecule has 4 heteroatoms. The van der Waals surface area contributed by atoms with Crippen molar-refractivity contribution in [3.05, 3.63) is 57.6 Å². The van der Waals surface area contributed by atoms with E-state index in [2.05, 4.69) is 22.0 Å². The van der Waals surface area contributed by atoms with Crippen LogP contribution in [0.3, 0.4) is 0 Å². The van der Waals surface area contributed by atoms with Gasteiger partial charge in [-0.15, -0.1) is 11.6 Å². The van der Waals surface area contributed by atoms with Crippen LogP contribution in [-0.4, -0.2) is 14.2 Å². The monoisotopic (exact) mass is 354 g/mol. The van der Waals surface area contributed by atoms with Crippen molar-refractivity contribution in [3.8, 4) is 11.5 Å². The molecule has 2 nitrogen and oxygen atoms in total. The van der Waals surface area contributed by atoms with Crippen LogP contribution in [0.2, 0.25) is 0 Å². The molecule has 0 N–H and O–H groups in total. The molecule has 20 heavy (non-hydrogen) atoms. The molecule has 0 aromatic heterocycles. The lowest BCUT2D eigenvalue weighted by atomic mass is 10.0. The van der Waals surface area contributed by atoms with Crippen molar-refractivity contribution in [2.45, 2.75) is 12.3 Å². The predicted molar refractivity (Wildman–Crippen MR) is 86.1 cm³/mol. The number of alkyl halides is 1. The lowest BCUT2D eigenvalue weighted by Crippen LogP contribution is -2.00. The van der Waals surface area contributed by atoms with Crippen LogP contribution in [0.1, 0.15) is 22.1 Å². The predicted octanol–water partition coefficient (Wildman–Crippen LogP) is 5.10. The molecular weight excluding hydrogens is 340 g/mol. The Bertz CT molecular complexity index is 613. The summed E-state index contributed by atoms with van der Waals surface area (Å²) in [7, 11) is 3.28. The third-order valence-corrected chi connectivity index (χ3v) is 4.33. The lowest BCUT2D eigenvalue weighted by Gasteiger charge is -2.17. The van der Waals surface area contributed by atoms with Gasteiger partial charge in [0.25, 0.3) is 0 Å². The van der Waals surface area contributed by atoms with Crippen LogP contribution >= 0.6 is 27.5 Å². The van der Waals surface area contributed by atoms with Crippen molar-refractivity contribution >= 4 is 27.5 Å². The fourth-order valence-electron chi connectivity index (χ4n) is 2.06. The number of hydrogen-bond acceptors (Lipinski definition) is 2. The maximum absolute atomic E-state index is 6.66. The molecule has 106 valence electrons. The first-order valence-corrected chi connectivity index (χ1v) is 7.41. The van der Waals surface area contributed by atoms with E-state index in [0.29, 0.717) is 0 Å². The summed E-state index contributed by atoms with van der Waals surface area (Å²) in [4.78, 5) is 0. The van der Waals surface area contributed by atoms with Crippen molar-refractivity contribution in [3.63, 3.8) is 0 Å². The van der Waals surface area contributed by atoms with Gasteiger partial charge >= 0.3 is 0 Å². The first-order chi connectivity index (χ1) is 9.56. The molecule has 1 atom stereocenters. The maximum atomic E-state index is 6.66. The van der Waals surface area contributed by atoms with Crippen molar-refractivity contribution in [2.24, 2.45) is 0 Å². The molecule has 0 amide bonds. The Labute approximate surface area is 132 Å². The van der Waals surface area contributed by atoms with E-state index < -0.39 is 0 Å². The molecule has 1 unspecified atom stereocenters. The van der Waals surface area contributed by atoms with E-state index >= 15 is 0 Å². The lowest BCUT2D eigenvalue weighted by molar-refractivity contribution is 0.399. The molecule has 0 aliphatic carbocycles. The first-order valence-electron chi connectivity index (χ1n) is 6.19. The number of benzene rings is 2. The molecule has 0 aliphatic heterocycles. The average Bonchev–Trinajstić information content (AvgIpc) is 2.48. The first kappa shape index (κ1) is 15.2. The molecular formula is C16H16BrClO2. The largest absolute Gasteiger partial charge is 0.497 e. The minimum Gasteiger partial charge on any atom is -0.497 e. The van der Waals surface area contributed by atoms with E-state index in [0.717, 1.165) is 32.7 Å². The number of halogens is 2. The fraction of sp³-hybridized carbons (Fsp3) is 0.250. The van der Waals surface area contributed by atoms with Gasteiger partial charge in [0.15, 0.2) is 0 Å². The zero-order valence-corrected chi connectivity index (χ0v) is 14.0. The topological polar surface area (TPSA) is 18.5 Å². The van der Waals surface area contributed by atoms with Gasteiger partial charge in [0, 0.05) is 10.0 Å². The van der Waals surface area contributed by atoms with Gasteiger partial charge in [0.1, 0.15) is 11.5 Å². The van der Waals surface area contributed by atoms with E-state index in [1.165, 1.54) is 0 Å². The number of rotatable bonds is 4. The van der Waals surface area contributed by atoms with Gasteiger partial charge in [-0.05, 0) is 36.8 Å². The summed E-state index contributed by atoms with van der Waals surface area (Å²) in [5.74, 6) is 1.51. The van der Waals surface area contributed by atoms with Gasteiger partial charge in [0.2, 0.25) is 0 Å². The molecule has 0 fully saturated rings. The Morgan fingerprint density at radius 3 is 2.40 bits per heavy atom. The highest BCUT2D eigenvalue weighted by atomic mass is 79.9. The Kier molecular flexibility index (Phi) is 4.95. The number of ether oxygens (including phenoxy) is 2. The van der Waals surface area contributed by atoms with Crippen LogP contribution in [-0.2, 0) is 0 Å². The second kappa shape index (κ2) is 6.51. The van der Waals surface area contributed by atoms with E-state index in [1.807, 2.05) is 37.3 Å². The summed E-state index contributed by atoms with van der Waals surface area (Å²) in [5.41, 5.74) is 3.06. The van der Waals surface area contributed by atoms with Crippen LogP contribution in [0, 0.1) is 6.92 Å². The van der Waals surface area contributed by atoms with Crippen LogP contribution in [0.5, 0.6) is 11.5 Å². The maximum Gasteiger partial charge on any atom is 0.124 e. The standard InChI is InChI=1S/C16H16BrClO2/c1-10-4-6-14(17)12(8-10)16(18)13-9-11(19-2)5-7-15(13)20-3/h4-9,16H,1-3H3. The summed E-state index contributed by atoms with van der Waals surface area (Å²) in [6.07, 6.45) is 0. The average molecular weight is 356 g/mol. The van der Waals surface area contributed by atoms with E-state index in [-0.39, 0.29) is 5.38 Å². The molecule has 0 saturated carbocycles. The van der Waals surface area contributed by atoms with Gasteiger partial charge in [-0.1, -0.05) is 33.6 Å². The number of aryl methyl sites for hydroxylation is 1. The fourth-order valence-corrected chi connectivity index (χ4v) is 3.02. The Balaban J connectivity index is 2.51. The smallest absolute Gasteiger partial charge is 0.124 e. The minimum absolute atomic E-state index is 0.311. The molecule has 0 spiro atoms. The number of hydrogen-bond donors (Lipinski definition) is 0. The summed E-state index contributed by atoms with van der Waals surface area (Å²) in [6.45, 7) is 2.04. The summed E-state index contributed by atoms with van der Waals surface area (Å²) in [5, 5.41) is -0.311. The highest BCUT2D eigenvalue weighted by molar-refractivity contribution is 9.10. The minimum atomic E-state index is -0.311. The summed E-state index contributed by atoms with van der Waals surface area (Å²) >= 11 is 10.2. The third-order valence-electron chi connectivity index (χ3n) is 3.13. The SMILES string of the molecule is COc1ccc(OC)c(C(Cl)c2cc(C)ccc2Br)c1. The molecule has 2 aromatic rings. The molecule has 0 saturated heterocycles. The molecule has 2 rings (SSSR count). The van der Waals surface area contributed by atoms with Crippen LogP contribution in [0.4, 0.5) is 0 Å². The summed E-state index contributed by atoms with van der Waals surface area (Å²) in [6, 6.07) is 11.8. The zero-order valence-electron chi connectivity index (χ0n) is 11.6. The molecule has 0 aliphatic rings. The van der Waals surface area contributed by atoms with Crippen LogP contribution in [0.25, 0.3) is 0 Å². The second-order valence-electron chi connectivity index (χ2n) is 4.50. The normalized spacial score (nSPS) is 12.1. The molecule has 0 radical (unpaired) electrons. The quantitative estimate of drug-likeness (QED) is 0.710. The van der Waals surface area contributed by atoms with Crippen molar-refractivity contribution in [1.29, 1.82) is 0 Å². The van der Waals surface area contributed by atoms with Gasteiger partial charge in [-0.2, -0.15) is 0 Å². The van der Waals surface area contributed by atoms with Crippen molar-refractivity contribution < 1.29 is 9.47 Å².